The van der Waals surface area contributed by atoms with Gasteiger partial charge in [-0.25, -0.2) is 4.79 Å². The number of nitrogens with zero attached hydrogens (tertiary/aromatic N) is 1. The molecule has 1 aliphatic rings. The quantitative estimate of drug-likeness (QED) is 0.514. The first kappa shape index (κ1) is 18.7. The molecule has 0 fully saturated rings. The van der Waals surface area contributed by atoms with E-state index in [1.807, 2.05) is 36.4 Å². The highest BCUT2D eigenvalue weighted by molar-refractivity contribution is 5.94. The topological polar surface area (TPSA) is 116 Å². The lowest BCUT2D eigenvalue weighted by Crippen LogP contribution is -2.26. The van der Waals surface area contributed by atoms with Gasteiger partial charge in [-0.2, -0.15) is 5.10 Å². The summed E-state index contributed by atoms with van der Waals surface area (Å²) in [6, 6.07) is 17.6. The molecule has 0 atom stereocenters. The fourth-order valence-electron chi connectivity index (χ4n) is 3.51. The van der Waals surface area contributed by atoms with Crippen molar-refractivity contribution in [1.82, 2.24) is 15.5 Å². The largest absolute Gasteiger partial charge is 0.448 e. The molecule has 0 saturated carbocycles. The van der Waals surface area contributed by atoms with E-state index in [-0.39, 0.29) is 37.2 Å². The number of rotatable bonds is 6. The fraction of sp³-hybridized carbons (Fsp3) is 0.190. The number of ether oxygens (including phenoxy) is 1. The Morgan fingerprint density at radius 2 is 1.72 bits per heavy atom. The SMILES string of the molecule is O=C(Nc1cc(C(=O)NCCO)[nH]n1)OCC1c2ccccc2-c2ccccc21. The van der Waals surface area contributed by atoms with E-state index in [0.717, 1.165) is 22.3 Å². The standard InChI is InChI=1S/C21H20N4O4/c26-10-9-22-20(27)18-11-19(25-24-18)23-21(28)29-12-17-15-7-3-1-5-13(15)14-6-2-4-8-16(14)17/h1-8,11,17,26H,9-10,12H2,(H,22,27)(H2,23,24,25,28). The number of aliphatic hydroxyl groups is 1. The minimum atomic E-state index is -0.652. The van der Waals surface area contributed by atoms with E-state index in [0.29, 0.717) is 0 Å². The molecule has 1 aromatic heterocycles. The van der Waals surface area contributed by atoms with Gasteiger partial charge in [0.15, 0.2) is 5.82 Å². The molecule has 4 rings (SSSR count). The van der Waals surface area contributed by atoms with Crippen LogP contribution in [0.2, 0.25) is 0 Å². The summed E-state index contributed by atoms with van der Waals surface area (Å²) < 4.78 is 5.44. The van der Waals surface area contributed by atoms with Gasteiger partial charge in [-0.3, -0.25) is 15.2 Å². The molecule has 8 heteroatoms. The molecule has 1 heterocycles. The van der Waals surface area contributed by atoms with Gasteiger partial charge in [-0.1, -0.05) is 48.5 Å². The normalized spacial score (nSPS) is 12.2. The van der Waals surface area contributed by atoms with Crippen molar-refractivity contribution in [2.75, 3.05) is 25.1 Å². The molecule has 0 bridgehead atoms. The number of fused-ring (bicyclic) bond motifs is 3. The zero-order chi connectivity index (χ0) is 20.2. The van der Waals surface area contributed by atoms with Crippen LogP contribution in [0.3, 0.4) is 0 Å². The van der Waals surface area contributed by atoms with Crippen LogP contribution in [0.5, 0.6) is 0 Å². The molecule has 2 aromatic carbocycles. The minimum absolute atomic E-state index is 0.0350. The average molecular weight is 392 g/mol. The number of amides is 2. The molecule has 0 aliphatic heterocycles. The summed E-state index contributed by atoms with van der Waals surface area (Å²) in [6.07, 6.45) is -0.652. The second-order valence-electron chi connectivity index (χ2n) is 6.60. The van der Waals surface area contributed by atoms with Crippen LogP contribution in [0.15, 0.2) is 54.6 Å². The third kappa shape index (κ3) is 3.83. The molecular formula is C21H20N4O4. The Kier molecular flexibility index (Phi) is 5.26. The molecule has 8 nitrogen and oxygen atoms in total. The van der Waals surface area contributed by atoms with Crippen molar-refractivity contribution in [3.63, 3.8) is 0 Å². The lowest BCUT2D eigenvalue weighted by Gasteiger charge is -2.14. The number of anilines is 1. The Labute approximate surface area is 166 Å². The summed E-state index contributed by atoms with van der Waals surface area (Å²) in [5.41, 5.74) is 4.74. The zero-order valence-electron chi connectivity index (χ0n) is 15.5. The Bertz CT molecular complexity index is 1000. The number of aliphatic hydroxyl groups excluding tert-OH is 1. The van der Waals surface area contributed by atoms with Gasteiger partial charge in [0.1, 0.15) is 12.3 Å². The Morgan fingerprint density at radius 1 is 1.07 bits per heavy atom. The van der Waals surface area contributed by atoms with Crippen molar-refractivity contribution in [3.8, 4) is 11.1 Å². The molecule has 148 valence electrons. The second kappa shape index (κ2) is 8.15. The van der Waals surface area contributed by atoms with Crippen molar-refractivity contribution in [2.45, 2.75) is 5.92 Å². The highest BCUT2D eigenvalue weighted by Crippen LogP contribution is 2.44. The van der Waals surface area contributed by atoms with E-state index in [1.54, 1.807) is 0 Å². The molecule has 0 saturated heterocycles. The summed E-state index contributed by atoms with van der Waals surface area (Å²) >= 11 is 0. The van der Waals surface area contributed by atoms with Crippen molar-refractivity contribution in [3.05, 3.63) is 71.4 Å². The van der Waals surface area contributed by atoms with Gasteiger partial charge in [0, 0.05) is 18.5 Å². The van der Waals surface area contributed by atoms with Gasteiger partial charge in [0.2, 0.25) is 0 Å². The van der Waals surface area contributed by atoms with E-state index < -0.39 is 12.0 Å². The van der Waals surface area contributed by atoms with Crippen LogP contribution >= 0.6 is 0 Å². The predicted octanol–water partition coefficient (Wildman–Crippen LogP) is 2.49. The van der Waals surface area contributed by atoms with E-state index in [1.165, 1.54) is 6.07 Å². The number of carbonyl (C=O) groups is 2. The minimum Gasteiger partial charge on any atom is -0.448 e. The summed E-state index contributed by atoms with van der Waals surface area (Å²) in [6.45, 7) is 0.159. The Hall–Kier alpha value is -3.65. The molecule has 0 radical (unpaired) electrons. The molecule has 4 N–H and O–H groups in total. The van der Waals surface area contributed by atoms with Crippen LogP contribution in [0.1, 0.15) is 27.5 Å². The fourth-order valence-corrected chi connectivity index (χ4v) is 3.51. The lowest BCUT2D eigenvalue weighted by atomic mass is 9.98. The first-order valence-corrected chi connectivity index (χ1v) is 9.24. The predicted molar refractivity (Wildman–Crippen MR) is 107 cm³/mol. The average Bonchev–Trinajstić information content (AvgIpc) is 3.33. The van der Waals surface area contributed by atoms with E-state index in [4.69, 9.17) is 9.84 Å². The van der Waals surface area contributed by atoms with Crippen molar-refractivity contribution in [1.29, 1.82) is 0 Å². The summed E-state index contributed by atoms with van der Waals surface area (Å²) in [4.78, 5) is 24.0. The van der Waals surface area contributed by atoms with Gasteiger partial charge < -0.3 is 15.2 Å². The summed E-state index contributed by atoms with van der Waals surface area (Å²) in [5, 5.41) is 20.2. The van der Waals surface area contributed by atoms with Crippen LogP contribution < -0.4 is 10.6 Å². The number of hydrogen-bond acceptors (Lipinski definition) is 5. The lowest BCUT2D eigenvalue weighted by molar-refractivity contribution is 0.0939. The Balaban J connectivity index is 1.39. The van der Waals surface area contributed by atoms with E-state index >= 15 is 0 Å². The van der Waals surface area contributed by atoms with E-state index in [9.17, 15) is 9.59 Å². The number of hydrogen-bond donors (Lipinski definition) is 4. The van der Waals surface area contributed by atoms with Crippen LogP contribution in [0, 0.1) is 0 Å². The zero-order valence-corrected chi connectivity index (χ0v) is 15.5. The maximum atomic E-state index is 12.2. The summed E-state index contributed by atoms with van der Waals surface area (Å²) in [7, 11) is 0. The highest BCUT2D eigenvalue weighted by atomic mass is 16.5. The Morgan fingerprint density at radius 3 is 2.38 bits per heavy atom. The van der Waals surface area contributed by atoms with Crippen molar-refractivity contribution < 1.29 is 19.4 Å². The first-order valence-electron chi connectivity index (χ1n) is 9.24. The number of carbonyl (C=O) groups excluding carboxylic acids is 2. The number of aromatic nitrogens is 2. The van der Waals surface area contributed by atoms with Crippen LogP contribution in [0.25, 0.3) is 11.1 Å². The molecular weight excluding hydrogens is 372 g/mol. The molecule has 2 amide bonds. The maximum Gasteiger partial charge on any atom is 0.412 e. The van der Waals surface area contributed by atoms with Gasteiger partial charge in [0.05, 0.1) is 6.61 Å². The number of benzene rings is 2. The van der Waals surface area contributed by atoms with Crippen LogP contribution in [-0.4, -0.2) is 47.1 Å². The van der Waals surface area contributed by atoms with Crippen LogP contribution in [0.4, 0.5) is 10.6 Å². The maximum absolute atomic E-state index is 12.2. The van der Waals surface area contributed by atoms with Crippen molar-refractivity contribution >= 4 is 17.8 Å². The van der Waals surface area contributed by atoms with Gasteiger partial charge >= 0.3 is 6.09 Å². The number of nitrogens with one attached hydrogen (secondary N) is 3. The van der Waals surface area contributed by atoms with Crippen molar-refractivity contribution in [2.24, 2.45) is 0 Å². The number of aromatic amines is 1. The third-order valence-electron chi connectivity index (χ3n) is 4.79. The first-order chi connectivity index (χ1) is 14.2. The highest BCUT2D eigenvalue weighted by Gasteiger charge is 2.29. The summed E-state index contributed by atoms with van der Waals surface area (Å²) in [5.74, 6) is -0.282. The molecule has 1 aliphatic carbocycles. The molecule has 29 heavy (non-hydrogen) atoms. The third-order valence-corrected chi connectivity index (χ3v) is 4.79. The smallest absolute Gasteiger partial charge is 0.412 e. The van der Waals surface area contributed by atoms with Crippen LogP contribution in [-0.2, 0) is 4.74 Å². The molecule has 0 unspecified atom stereocenters. The molecule has 0 spiro atoms. The monoisotopic (exact) mass is 392 g/mol. The van der Waals surface area contributed by atoms with E-state index in [2.05, 4.69) is 33.0 Å². The molecule has 3 aromatic rings. The van der Waals surface area contributed by atoms with Gasteiger partial charge in [-0.05, 0) is 22.3 Å². The van der Waals surface area contributed by atoms with Gasteiger partial charge in [-0.15, -0.1) is 0 Å². The second-order valence-corrected chi connectivity index (χ2v) is 6.60. The van der Waals surface area contributed by atoms with Gasteiger partial charge in [0.25, 0.3) is 5.91 Å². The number of H-pyrrole nitrogens is 1.